The Morgan fingerprint density at radius 3 is 2.63 bits per heavy atom. The number of nitrogens with two attached hydrogens (primary N) is 1. The average molecular weight is 324 g/mol. The maximum Gasteiger partial charge on any atom is 0.0731 e. The zero-order valence-electron chi connectivity index (χ0n) is 11.3. The van der Waals surface area contributed by atoms with E-state index in [1.165, 1.54) is 37.7 Å². The van der Waals surface area contributed by atoms with Gasteiger partial charge in [0.05, 0.1) is 12.7 Å². The summed E-state index contributed by atoms with van der Waals surface area (Å²) in [5.74, 6) is 0. The first-order valence-corrected chi connectivity index (χ1v) is 8.12. The molecule has 2 fully saturated rings. The normalized spacial score (nSPS) is 29.2. The SMILES string of the molecule is NC1CC(OCc2ccccc2Br)C12CCCCC2. The minimum absolute atomic E-state index is 0.291. The van der Waals surface area contributed by atoms with Gasteiger partial charge in [-0.25, -0.2) is 0 Å². The van der Waals surface area contributed by atoms with Crippen molar-refractivity contribution in [2.75, 3.05) is 0 Å². The molecule has 0 amide bonds. The molecule has 0 aromatic heterocycles. The van der Waals surface area contributed by atoms with Crippen molar-refractivity contribution < 1.29 is 4.74 Å². The second-order valence-corrected chi connectivity index (χ2v) is 6.88. The van der Waals surface area contributed by atoms with Crippen LogP contribution in [-0.4, -0.2) is 12.1 Å². The molecule has 2 aliphatic carbocycles. The van der Waals surface area contributed by atoms with Crippen molar-refractivity contribution in [2.24, 2.45) is 11.1 Å². The predicted molar refractivity (Wildman–Crippen MR) is 80.8 cm³/mol. The maximum absolute atomic E-state index is 6.29. The van der Waals surface area contributed by atoms with Crippen molar-refractivity contribution in [3.63, 3.8) is 0 Å². The monoisotopic (exact) mass is 323 g/mol. The van der Waals surface area contributed by atoms with Crippen molar-refractivity contribution in [1.82, 2.24) is 0 Å². The molecule has 2 nitrogen and oxygen atoms in total. The summed E-state index contributed by atoms with van der Waals surface area (Å²) < 4.78 is 7.33. The van der Waals surface area contributed by atoms with Gasteiger partial charge in [-0.05, 0) is 30.9 Å². The maximum atomic E-state index is 6.29. The van der Waals surface area contributed by atoms with E-state index >= 15 is 0 Å². The first-order chi connectivity index (χ1) is 9.22. The number of hydrogen-bond donors (Lipinski definition) is 1. The minimum Gasteiger partial charge on any atom is -0.373 e. The molecule has 0 radical (unpaired) electrons. The van der Waals surface area contributed by atoms with Crippen LogP contribution < -0.4 is 5.73 Å². The molecule has 0 saturated heterocycles. The third kappa shape index (κ3) is 2.48. The second kappa shape index (κ2) is 5.55. The van der Waals surface area contributed by atoms with Gasteiger partial charge in [0.1, 0.15) is 0 Å². The lowest BCUT2D eigenvalue weighted by atomic mass is 9.55. The van der Waals surface area contributed by atoms with Gasteiger partial charge >= 0.3 is 0 Å². The summed E-state index contributed by atoms with van der Waals surface area (Å²) in [5.41, 5.74) is 7.81. The third-order valence-electron chi connectivity index (χ3n) is 5.03. The van der Waals surface area contributed by atoms with Crippen molar-refractivity contribution in [3.8, 4) is 0 Å². The van der Waals surface area contributed by atoms with Crippen LogP contribution in [0.15, 0.2) is 28.7 Å². The summed E-state index contributed by atoms with van der Waals surface area (Å²) in [6.07, 6.45) is 7.93. The van der Waals surface area contributed by atoms with Crippen molar-refractivity contribution in [3.05, 3.63) is 34.3 Å². The van der Waals surface area contributed by atoms with E-state index in [-0.39, 0.29) is 0 Å². The highest BCUT2D eigenvalue weighted by Crippen LogP contribution is 2.52. The van der Waals surface area contributed by atoms with Crippen LogP contribution in [0.3, 0.4) is 0 Å². The van der Waals surface area contributed by atoms with E-state index in [0.29, 0.717) is 24.2 Å². The molecule has 19 heavy (non-hydrogen) atoms. The topological polar surface area (TPSA) is 35.2 Å². The van der Waals surface area contributed by atoms with Gasteiger partial charge in [0, 0.05) is 15.9 Å². The Bertz CT molecular complexity index is 442. The fourth-order valence-corrected chi connectivity index (χ4v) is 4.12. The third-order valence-corrected chi connectivity index (χ3v) is 5.80. The van der Waals surface area contributed by atoms with Gasteiger partial charge in [0.2, 0.25) is 0 Å². The van der Waals surface area contributed by atoms with Gasteiger partial charge in [-0.15, -0.1) is 0 Å². The summed E-state index contributed by atoms with van der Waals surface area (Å²) in [6.45, 7) is 0.695. The van der Waals surface area contributed by atoms with Crippen LogP contribution in [0, 0.1) is 5.41 Å². The smallest absolute Gasteiger partial charge is 0.0731 e. The van der Waals surface area contributed by atoms with E-state index in [2.05, 4.69) is 34.1 Å². The molecule has 1 aromatic carbocycles. The van der Waals surface area contributed by atoms with E-state index < -0.39 is 0 Å². The van der Waals surface area contributed by atoms with Gasteiger partial charge in [-0.1, -0.05) is 53.4 Å². The lowest BCUT2D eigenvalue weighted by Gasteiger charge is -2.56. The first kappa shape index (κ1) is 13.6. The van der Waals surface area contributed by atoms with E-state index in [4.69, 9.17) is 10.5 Å². The quantitative estimate of drug-likeness (QED) is 0.911. The standard InChI is InChI=1S/C16H22BrNO/c17-13-7-3-2-6-12(13)11-19-15-10-14(18)16(15)8-4-1-5-9-16/h2-3,6-7,14-15H,1,4-5,8-11,18H2. The summed E-state index contributed by atoms with van der Waals surface area (Å²) in [6, 6.07) is 8.65. The molecule has 1 spiro atoms. The molecule has 0 aliphatic heterocycles. The molecule has 2 unspecified atom stereocenters. The molecule has 0 bridgehead atoms. The molecule has 2 saturated carbocycles. The Labute approximate surface area is 123 Å². The molecule has 2 aliphatic rings. The molecule has 0 heterocycles. The predicted octanol–water partition coefficient (Wildman–Crippen LogP) is 4.02. The highest BCUT2D eigenvalue weighted by Gasteiger charge is 2.53. The zero-order chi connectivity index (χ0) is 13.3. The lowest BCUT2D eigenvalue weighted by molar-refractivity contribution is -0.149. The van der Waals surface area contributed by atoms with Crippen molar-refractivity contribution in [1.29, 1.82) is 0 Å². The molecule has 2 atom stereocenters. The number of halogens is 1. The molecule has 3 rings (SSSR count). The minimum atomic E-state index is 0.291. The number of benzene rings is 1. The van der Waals surface area contributed by atoms with Gasteiger partial charge in [0.15, 0.2) is 0 Å². The number of rotatable bonds is 3. The van der Waals surface area contributed by atoms with Crippen LogP contribution in [0.2, 0.25) is 0 Å². The van der Waals surface area contributed by atoms with E-state index in [1.807, 2.05) is 6.07 Å². The van der Waals surface area contributed by atoms with Gasteiger partial charge in [-0.3, -0.25) is 0 Å². The van der Waals surface area contributed by atoms with Crippen molar-refractivity contribution in [2.45, 2.75) is 57.3 Å². The molecule has 2 N–H and O–H groups in total. The average Bonchev–Trinajstić information content (AvgIpc) is 2.46. The Balaban J connectivity index is 1.63. The fourth-order valence-electron chi connectivity index (χ4n) is 3.72. The van der Waals surface area contributed by atoms with Crippen molar-refractivity contribution >= 4 is 15.9 Å². The van der Waals surface area contributed by atoms with Gasteiger partial charge in [0.25, 0.3) is 0 Å². The number of hydrogen-bond acceptors (Lipinski definition) is 2. The second-order valence-electron chi connectivity index (χ2n) is 6.03. The van der Waals surface area contributed by atoms with Crippen LogP contribution >= 0.6 is 15.9 Å². The summed E-state index contributed by atoms with van der Waals surface area (Å²) in [7, 11) is 0. The van der Waals surface area contributed by atoms with Crippen LogP contribution in [-0.2, 0) is 11.3 Å². The Morgan fingerprint density at radius 2 is 1.95 bits per heavy atom. The molecular weight excluding hydrogens is 302 g/mol. The van der Waals surface area contributed by atoms with Crippen LogP contribution in [0.25, 0.3) is 0 Å². The molecule has 1 aromatic rings. The molecular formula is C16H22BrNO. The number of ether oxygens (including phenoxy) is 1. The van der Waals surface area contributed by atoms with E-state index in [9.17, 15) is 0 Å². The zero-order valence-corrected chi connectivity index (χ0v) is 12.9. The Kier molecular flexibility index (Phi) is 3.97. The molecule has 104 valence electrons. The highest BCUT2D eigenvalue weighted by molar-refractivity contribution is 9.10. The van der Waals surface area contributed by atoms with E-state index in [0.717, 1.165) is 10.9 Å². The van der Waals surface area contributed by atoms with Gasteiger partial charge in [-0.2, -0.15) is 0 Å². The van der Waals surface area contributed by atoms with Crippen LogP contribution in [0.5, 0.6) is 0 Å². The summed E-state index contributed by atoms with van der Waals surface area (Å²) in [4.78, 5) is 0. The van der Waals surface area contributed by atoms with Crippen LogP contribution in [0.1, 0.15) is 44.1 Å². The van der Waals surface area contributed by atoms with Gasteiger partial charge < -0.3 is 10.5 Å². The lowest BCUT2D eigenvalue weighted by Crippen LogP contribution is -2.62. The Morgan fingerprint density at radius 1 is 1.21 bits per heavy atom. The van der Waals surface area contributed by atoms with Crippen LogP contribution in [0.4, 0.5) is 0 Å². The van der Waals surface area contributed by atoms with E-state index in [1.54, 1.807) is 0 Å². The Hall–Kier alpha value is -0.380. The molecule has 3 heteroatoms. The summed E-state index contributed by atoms with van der Waals surface area (Å²) in [5, 5.41) is 0. The highest BCUT2D eigenvalue weighted by atomic mass is 79.9. The summed E-state index contributed by atoms with van der Waals surface area (Å²) >= 11 is 3.58. The largest absolute Gasteiger partial charge is 0.373 e. The first-order valence-electron chi connectivity index (χ1n) is 7.33. The fraction of sp³-hybridized carbons (Fsp3) is 0.625.